The highest BCUT2D eigenvalue weighted by Crippen LogP contribution is 2.22. The van der Waals surface area contributed by atoms with Crippen molar-refractivity contribution < 1.29 is 4.79 Å². The summed E-state index contributed by atoms with van der Waals surface area (Å²) >= 11 is 1.77. The lowest BCUT2D eigenvalue weighted by atomic mass is 10.1. The van der Waals surface area contributed by atoms with Crippen LogP contribution in [0.15, 0.2) is 30.3 Å². The molecule has 1 atom stereocenters. The lowest BCUT2D eigenvalue weighted by Gasteiger charge is -2.24. The summed E-state index contributed by atoms with van der Waals surface area (Å²) in [4.78, 5) is 13.6. The van der Waals surface area contributed by atoms with Crippen LogP contribution >= 0.6 is 11.8 Å². The Labute approximate surface area is 100 Å². The van der Waals surface area contributed by atoms with E-state index in [2.05, 4.69) is 23.7 Å². The second kappa shape index (κ2) is 5.37. The summed E-state index contributed by atoms with van der Waals surface area (Å²) in [6.45, 7) is 1.26. The molecule has 1 heterocycles. The van der Waals surface area contributed by atoms with E-state index in [-0.39, 0.29) is 12.1 Å². The van der Waals surface area contributed by atoms with Gasteiger partial charge >= 0.3 is 0 Å². The number of rotatable bonds is 4. The number of thioether (sulfide) groups is 1. The van der Waals surface area contributed by atoms with Crippen LogP contribution in [0.4, 0.5) is 0 Å². The molecule has 2 rings (SSSR count). The van der Waals surface area contributed by atoms with Gasteiger partial charge in [0.25, 0.3) is 0 Å². The fourth-order valence-electron chi connectivity index (χ4n) is 1.92. The average molecular weight is 236 g/mol. The number of benzene rings is 1. The van der Waals surface area contributed by atoms with Crippen molar-refractivity contribution in [3.05, 3.63) is 35.9 Å². The van der Waals surface area contributed by atoms with Crippen LogP contribution in [0, 0.1) is 0 Å². The summed E-state index contributed by atoms with van der Waals surface area (Å²) < 4.78 is 0. The zero-order valence-corrected chi connectivity index (χ0v) is 10.2. The van der Waals surface area contributed by atoms with E-state index in [1.165, 1.54) is 0 Å². The van der Waals surface area contributed by atoms with Gasteiger partial charge in [-0.05, 0) is 11.8 Å². The van der Waals surface area contributed by atoms with E-state index >= 15 is 0 Å². The first-order valence-electron chi connectivity index (χ1n) is 5.39. The van der Waals surface area contributed by atoms with Gasteiger partial charge in [-0.2, -0.15) is 11.8 Å². The summed E-state index contributed by atoms with van der Waals surface area (Å²) in [5.41, 5.74) is 1.16. The second-order valence-electron chi connectivity index (χ2n) is 3.77. The third-order valence-electron chi connectivity index (χ3n) is 2.73. The van der Waals surface area contributed by atoms with Crippen LogP contribution in [0.5, 0.6) is 0 Å². The molecule has 1 aliphatic rings. The fraction of sp³-hybridized carbons (Fsp3) is 0.417. The topological polar surface area (TPSA) is 32.3 Å². The molecule has 1 fully saturated rings. The molecule has 1 unspecified atom stereocenters. The number of carbonyl (C=O) groups excluding carboxylic acids is 1. The predicted molar refractivity (Wildman–Crippen MR) is 67.3 cm³/mol. The van der Waals surface area contributed by atoms with Gasteiger partial charge in [-0.3, -0.25) is 10.1 Å². The molecule has 0 aliphatic carbocycles. The molecule has 3 nitrogen and oxygen atoms in total. The molecule has 1 amide bonds. The van der Waals surface area contributed by atoms with Crippen LogP contribution in [0.3, 0.4) is 0 Å². The summed E-state index contributed by atoms with van der Waals surface area (Å²) in [6.07, 6.45) is 2.12. The van der Waals surface area contributed by atoms with Crippen molar-refractivity contribution >= 4 is 17.7 Å². The summed E-state index contributed by atoms with van der Waals surface area (Å²) in [6, 6.07) is 10.1. The van der Waals surface area contributed by atoms with Gasteiger partial charge < -0.3 is 4.90 Å². The largest absolute Gasteiger partial charge is 0.321 e. The van der Waals surface area contributed by atoms with Gasteiger partial charge in [-0.1, -0.05) is 30.3 Å². The molecular formula is C12H16N2OS. The summed E-state index contributed by atoms with van der Waals surface area (Å²) in [5.74, 6) is 1.18. The highest BCUT2D eigenvalue weighted by molar-refractivity contribution is 7.98. The van der Waals surface area contributed by atoms with E-state index in [4.69, 9.17) is 0 Å². The fourth-order valence-corrected chi connectivity index (χ4v) is 2.30. The van der Waals surface area contributed by atoms with E-state index < -0.39 is 0 Å². The Morgan fingerprint density at radius 1 is 1.44 bits per heavy atom. The van der Waals surface area contributed by atoms with E-state index in [9.17, 15) is 4.79 Å². The first kappa shape index (κ1) is 11.5. The predicted octanol–water partition coefficient (Wildman–Crippen LogP) is 1.48. The third-order valence-corrected chi connectivity index (χ3v) is 3.32. The Kier molecular flexibility index (Phi) is 3.85. The van der Waals surface area contributed by atoms with Crippen molar-refractivity contribution in [2.45, 2.75) is 6.17 Å². The molecule has 1 saturated heterocycles. The molecule has 4 heteroatoms. The van der Waals surface area contributed by atoms with Crippen molar-refractivity contribution in [3.63, 3.8) is 0 Å². The highest BCUT2D eigenvalue weighted by atomic mass is 32.2. The Morgan fingerprint density at radius 3 is 2.88 bits per heavy atom. The minimum atomic E-state index is 0.0563. The van der Waals surface area contributed by atoms with Gasteiger partial charge in [0, 0.05) is 12.3 Å². The van der Waals surface area contributed by atoms with Gasteiger partial charge in [0.1, 0.15) is 6.17 Å². The van der Waals surface area contributed by atoms with Crippen molar-refractivity contribution in [1.82, 2.24) is 10.2 Å². The Balaban J connectivity index is 2.11. The van der Waals surface area contributed by atoms with E-state index in [1.807, 2.05) is 23.1 Å². The zero-order valence-electron chi connectivity index (χ0n) is 9.35. The molecule has 1 aliphatic heterocycles. The number of hydrogen-bond donors (Lipinski definition) is 1. The number of amides is 1. The maximum atomic E-state index is 11.7. The van der Waals surface area contributed by atoms with Crippen LogP contribution in [0.1, 0.15) is 11.7 Å². The SMILES string of the molecule is CSCCN1C(=O)CNC1c1ccccc1. The first-order chi connectivity index (χ1) is 7.83. The smallest absolute Gasteiger partial charge is 0.238 e. The molecule has 1 aromatic carbocycles. The summed E-state index contributed by atoms with van der Waals surface area (Å²) in [5, 5.41) is 3.25. The quantitative estimate of drug-likeness (QED) is 0.859. The first-order valence-corrected chi connectivity index (χ1v) is 6.79. The maximum absolute atomic E-state index is 11.7. The van der Waals surface area contributed by atoms with Crippen molar-refractivity contribution in [2.24, 2.45) is 0 Å². The maximum Gasteiger partial charge on any atom is 0.238 e. The van der Waals surface area contributed by atoms with Gasteiger partial charge in [0.15, 0.2) is 0 Å². The molecule has 0 radical (unpaired) electrons. The number of nitrogens with one attached hydrogen (secondary N) is 1. The number of nitrogens with zero attached hydrogens (tertiary/aromatic N) is 1. The van der Waals surface area contributed by atoms with Gasteiger partial charge in [0.05, 0.1) is 6.54 Å². The molecule has 0 saturated carbocycles. The van der Waals surface area contributed by atoms with Gasteiger partial charge in [0.2, 0.25) is 5.91 Å². The van der Waals surface area contributed by atoms with E-state index in [1.54, 1.807) is 11.8 Å². The monoisotopic (exact) mass is 236 g/mol. The molecule has 0 bridgehead atoms. The third kappa shape index (κ3) is 2.39. The van der Waals surface area contributed by atoms with Crippen molar-refractivity contribution in [3.8, 4) is 0 Å². The highest BCUT2D eigenvalue weighted by Gasteiger charge is 2.30. The molecular weight excluding hydrogens is 220 g/mol. The number of hydrogen-bond acceptors (Lipinski definition) is 3. The van der Waals surface area contributed by atoms with Crippen molar-refractivity contribution in [2.75, 3.05) is 25.1 Å². The van der Waals surface area contributed by atoms with Crippen LogP contribution in [-0.2, 0) is 4.79 Å². The number of carbonyl (C=O) groups is 1. The van der Waals surface area contributed by atoms with Crippen LogP contribution in [-0.4, -0.2) is 35.9 Å². The molecule has 16 heavy (non-hydrogen) atoms. The molecule has 0 spiro atoms. The lowest BCUT2D eigenvalue weighted by molar-refractivity contribution is -0.127. The van der Waals surface area contributed by atoms with Crippen LogP contribution in [0.2, 0.25) is 0 Å². The minimum absolute atomic E-state index is 0.0563. The van der Waals surface area contributed by atoms with Crippen LogP contribution < -0.4 is 5.32 Å². The van der Waals surface area contributed by atoms with Gasteiger partial charge in [-0.15, -0.1) is 0 Å². The molecule has 86 valence electrons. The summed E-state index contributed by atoms with van der Waals surface area (Å²) in [7, 11) is 0. The molecule has 1 N–H and O–H groups in total. The average Bonchev–Trinajstić information content (AvgIpc) is 2.69. The van der Waals surface area contributed by atoms with E-state index in [0.717, 1.165) is 17.9 Å². The Bertz CT molecular complexity index is 355. The minimum Gasteiger partial charge on any atom is -0.321 e. The molecule has 1 aromatic rings. The Hall–Kier alpha value is -1.00. The lowest BCUT2D eigenvalue weighted by Crippen LogP contribution is -2.32. The van der Waals surface area contributed by atoms with Crippen molar-refractivity contribution in [1.29, 1.82) is 0 Å². The normalized spacial score (nSPS) is 20.4. The second-order valence-corrected chi connectivity index (χ2v) is 4.76. The van der Waals surface area contributed by atoms with Gasteiger partial charge in [-0.25, -0.2) is 0 Å². The standard InChI is InChI=1S/C12H16N2OS/c1-16-8-7-14-11(15)9-13-12(14)10-5-3-2-4-6-10/h2-6,12-13H,7-9H2,1H3. The Morgan fingerprint density at radius 2 is 2.19 bits per heavy atom. The van der Waals surface area contributed by atoms with Crippen LogP contribution in [0.25, 0.3) is 0 Å². The zero-order chi connectivity index (χ0) is 11.4. The molecule has 0 aromatic heterocycles. The van der Waals surface area contributed by atoms with E-state index in [0.29, 0.717) is 6.54 Å².